The lowest BCUT2D eigenvalue weighted by Gasteiger charge is -2.23. The fourth-order valence-electron chi connectivity index (χ4n) is 4.34. The van der Waals surface area contributed by atoms with Crippen LogP contribution in [0.15, 0.2) is 30.5 Å². The number of nitrogens with zero attached hydrogens (tertiary/aromatic N) is 5. The topological polar surface area (TPSA) is 125 Å². The Morgan fingerprint density at radius 1 is 1.09 bits per heavy atom. The molecule has 0 atom stereocenters. The minimum atomic E-state index is -5.19. The number of carboxylic acid groups (broad SMARTS) is 1. The van der Waals surface area contributed by atoms with Gasteiger partial charge in [-0.3, -0.25) is 9.48 Å². The molecule has 1 aliphatic rings. The van der Waals surface area contributed by atoms with Crippen LogP contribution in [-0.2, 0) is 30.9 Å². The zero-order valence-corrected chi connectivity index (χ0v) is 23.9. The number of hydrogen-bond donors (Lipinski definition) is 2. The fourth-order valence-corrected chi connectivity index (χ4v) is 4.34. The third-order valence-electron chi connectivity index (χ3n) is 6.29. The molecule has 1 aliphatic carbocycles. The van der Waals surface area contributed by atoms with Crippen molar-refractivity contribution >= 4 is 23.5 Å². The monoisotopic (exact) mass is 615 g/mol. The maximum atomic E-state index is 13.1. The molecule has 2 heterocycles. The Kier molecular flexibility index (Phi) is 10.0. The van der Waals surface area contributed by atoms with Gasteiger partial charge in [-0.25, -0.2) is 9.97 Å². The number of anilines is 2. The van der Waals surface area contributed by atoms with Gasteiger partial charge in [0.15, 0.2) is 5.69 Å². The lowest BCUT2D eigenvalue weighted by atomic mass is 10.1. The number of carboxylic acids is 1. The Hall–Kier alpha value is -4.21. The van der Waals surface area contributed by atoms with Crippen LogP contribution in [0.3, 0.4) is 0 Å². The maximum Gasteiger partial charge on any atom is 0.430 e. The van der Waals surface area contributed by atoms with Crippen molar-refractivity contribution in [1.82, 2.24) is 25.1 Å². The van der Waals surface area contributed by atoms with E-state index in [1.165, 1.54) is 12.1 Å². The van der Waals surface area contributed by atoms with E-state index in [9.17, 15) is 31.1 Å². The fraction of sp³-hybridized carbons (Fsp3) is 0.444. The maximum absolute atomic E-state index is 13.1. The lowest BCUT2D eigenvalue weighted by molar-refractivity contribution is -0.870. The van der Waals surface area contributed by atoms with Crippen LogP contribution in [0, 0.1) is 0 Å². The molecule has 0 fully saturated rings. The van der Waals surface area contributed by atoms with Crippen molar-refractivity contribution < 1.29 is 45.5 Å². The van der Waals surface area contributed by atoms with Gasteiger partial charge < -0.3 is 25.0 Å². The Labute approximate surface area is 243 Å². The van der Waals surface area contributed by atoms with Gasteiger partial charge in [0.05, 0.1) is 44.6 Å². The molecule has 16 heteroatoms. The van der Waals surface area contributed by atoms with E-state index in [0.717, 1.165) is 59.2 Å². The first-order valence-electron chi connectivity index (χ1n) is 13.1. The number of alkyl halides is 6. The van der Waals surface area contributed by atoms with E-state index in [2.05, 4.69) is 46.8 Å². The lowest BCUT2D eigenvalue weighted by Crippen LogP contribution is -2.37. The average molecular weight is 616 g/mol. The second-order valence-electron chi connectivity index (χ2n) is 10.8. The van der Waals surface area contributed by atoms with Crippen LogP contribution in [0.2, 0.25) is 0 Å². The minimum Gasteiger partial charge on any atom is -0.542 e. The van der Waals surface area contributed by atoms with Crippen LogP contribution in [0.25, 0.3) is 11.4 Å². The molecule has 0 aliphatic heterocycles. The van der Waals surface area contributed by atoms with E-state index < -0.39 is 23.9 Å². The molecule has 1 amide bonds. The van der Waals surface area contributed by atoms with E-state index in [0.29, 0.717) is 24.4 Å². The van der Waals surface area contributed by atoms with Gasteiger partial charge in [-0.1, -0.05) is 6.07 Å². The molecule has 2 N–H and O–H groups in total. The molecule has 0 bridgehead atoms. The molecule has 0 unspecified atom stereocenters. The van der Waals surface area contributed by atoms with E-state index >= 15 is 0 Å². The van der Waals surface area contributed by atoms with Crippen LogP contribution < -0.4 is 15.7 Å². The average Bonchev–Trinajstić information content (AvgIpc) is 3.09. The highest BCUT2D eigenvalue weighted by molar-refractivity contribution is 5.95. The SMILES string of the molecule is Cn1nc(C(=O)NCCC[N+](C)(C)C)c2c1-c1nc(Nc3cccc(C(F)(F)F)c3)ncc1CCC2.O=C([O-])C(F)(F)F. The smallest absolute Gasteiger partial charge is 0.430 e. The second kappa shape index (κ2) is 13.0. The number of fused-ring (bicyclic) bond motifs is 3. The van der Waals surface area contributed by atoms with Crippen molar-refractivity contribution in [3.63, 3.8) is 0 Å². The summed E-state index contributed by atoms with van der Waals surface area (Å²) in [6.45, 7) is 1.50. The molecule has 3 aromatic rings. The number of aliphatic carboxylic acids is 1. The zero-order valence-electron chi connectivity index (χ0n) is 23.9. The highest BCUT2D eigenvalue weighted by Crippen LogP contribution is 2.34. The first-order chi connectivity index (χ1) is 19.9. The number of carbonyl (C=O) groups is 2. The summed E-state index contributed by atoms with van der Waals surface area (Å²) in [6.07, 6.45) is -4.91. The standard InChI is InChI=1S/C25H30F3N7O.C2HF3O2/c1-34-22-19(21(33-34)23(36)29-12-7-13-35(2,3)4)11-5-8-16-15-30-24(32-20(16)22)31-18-10-6-9-17(14-18)25(26,27)28;3-2(4,5)1(6)7/h6,9-10,14-15H,5,7-8,11-13H2,1-4H3,(H-,29,30,31,32,36);(H,6,7). The van der Waals surface area contributed by atoms with E-state index in [1.54, 1.807) is 17.9 Å². The van der Waals surface area contributed by atoms with Crippen molar-refractivity contribution in [2.24, 2.45) is 7.05 Å². The van der Waals surface area contributed by atoms with E-state index in [-0.39, 0.29) is 17.5 Å². The number of rotatable bonds is 7. The molecule has 43 heavy (non-hydrogen) atoms. The summed E-state index contributed by atoms with van der Waals surface area (Å²) in [5.74, 6) is -3.05. The van der Waals surface area contributed by atoms with Crippen LogP contribution >= 0.6 is 0 Å². The number of aromatic nitrogens is 4. The summed E-state index contributed by atoms with van der Waals surface area (Å²) < 4.78 is 73.3. The Morgan fingerprint density at radius 2 is 1.77 bits per heavy atom. The van der Waals surface area contributed by atoms with Gasteiger partial charge in [-0.15, -0.1) is 0 Å². The minimum absolute atomic E-state index is 0.174. The molecule has 1 aromatic carbocycles. The van der Waals surface area contributed by atoms with Gasteiger partial charge >= 0.3 is 12.4 Å². The van der Waals surface area contributed by atoms with Gasteiger partial charge in [0, 0.05) is 37.5 Å². The normalized spacial score (nSPS) is 13.2. The molecule has 0 saturated heterocycles. The predicted molar refractivity (Wildman–Crippen MR) is 142 cm³/mol. The molecule has 0 radical (unpaired) electrons. The van der Waals surface area contributed by atoms with Crippen LogP contribution in [0.1, 0.15) is 40.0 Å². The van der Waals surface area contributed by atoms with Crippen molar-refractivity contribution in [2.75, 3.05) is 39.5 Å². The quantitative estimate of drug-likeness (QED) is 0.238. The summed E-state index contributed by atoms with van der Waals surface area (Å²) >= 11 is 0. The number of aryl methyl sites for hydroxylation is 2. The number of nitrogens with one attached hydrogen (secondary N) is 2. The van der Waals surface area contributed by atoms with Gasteiger partial charge in [0.25, 0.3) is 5.91 Å². The van der Waals surface area contributed by atoms with Gasteiger partial charge in [0.2, 0.25) is 5.95 Å². The van der Waals surface area contributed by atoms with Crippen molar-refractivity contribution in [3.05, 3.63) is 52.8 Å². The van der Waals surface area contributed by atoms with Gasteiger partial charge in [-0.05, 0) is 43.0 Å². The number of amides is 1. The first kappa shape index (κ1) is 33.3. The van der Waals surface area contributed by atoms with Crippen LogP contribution in [0.4, 0.5) is 38.0 Å². The van der Waals surface area contributed by atoms with Crippen molar-refractivity contribution in [2.45, 2.75) is 38.0 Å². The molecule has 4 rings (SSSR count). The summed E-state index contributed by atoms with van der Waals surface area (Å²) in [5, 5.41) is 19.2. The molecule has 10 nitrogen and oxygen atoms in total. The third-order valence-corrected chi connectivity index (χ3v) is 6.29. The number of hydrogen-bond acceptors (Lipinski definition) is 7. The summed E-state index contributed by atoms with van der Waals surface area (Å²) in [6, 6.07) is 4.89. The molecule has 0 saturated carbocycles. The predicted octanol–water partition coefficient (Wildman–Crippen LogP) is 3.25. The van der Waals surface area contributed by atoms with Crippen LogP contribution in [-0.4, -0.2) is 76.5 Å². The summed E-state index contributed by atoms with van der Waals surface area (Å²) in [7, 11) is 8.09. The van der Waals surface area contributed by atoms with Crippen LogP contribution in [0.5, 0.6) is 0 Å². The van der Waals surface area contributed by atoms with Gasteiger partial charge in [-0.2, -0.15) is 31.4 Å². The number of carbonyl (C=O) groups excluding carboxylic acids is 2. The first-order valence-corrected chi connectivity index (χ1v) is 13.1. The molecule has 2 aromatic heterocycles. The molecule has 0 spiro atoms. The number of quaternary nitrogens is 1. The van der Waals surface area contributed by atoms with Crippen molar-refractivity contribution in [3.8, 4) is 11.4 Å². The molecule has 234 valence electrons. The third kappa shape index (κ3) is 9.14. The molecular weight excluding hydrogens is 584 g/mol. The van der Waals surface area contributed by atoms with E-state index in [1.807, 2.05) is 0 Å². The Morgan fingerprint density at radius 3 is 2.37 bits per heavy atom. The Balaban J connectivity index is 0.000000646. The summed E-state index contributed by atoms with van der Waals surface area (Å²) in [5.41, 5.74) is 2.95. The largest absolute Gasteiger partial charge is 0.542 e. The number of benzene rings is 1. The van der Waals surface area contributed by atoms with Crippen molar-refractivity contribution in [1.29, 1.82) is 0 Å². The Bertz CT molecular complexity index is 1460. The second-order valence-corrected chi connectivity index (χ2v) is 10.8. The number of halogens is 6. The zero-order chi connectivity index (χ0) is 32.2. The molecular formula is C27H31F6N7O3. The highest BCUT2D eigenvalue weighted by Gasteiger charge is 2.31. The van der Waals surface area contributed by atoms with Gasteiger partial charge in [0.1, 0.15) is 5.97 Å². The summed E-state index contributed by atoms with van der Waals surface area (Å²) in [4.78, 5) is 30.7. The highest BCUT2D eigenvalue weighted by atomic mass is 19.4. The van der Waals surface area contributed by atoms with E-state index in [4.69, 9.17) is 9.90 Å².